The van der Waals surface area contributed by atoms with E-state index in [2.05, 4.69) is 10.7 Å². The molecule has 12 heavy (non-hydrogen) atoms. The average molecular weight is 165 g/mol. The molecule has 0 radical (unpaired) electrons. The molecule has 0 saturated heterocycles. The maximum Gasteiger partial charge on any atom is 0.398 e. The predicted molar refractivity (Wildman–Crippen MR) is 41.1 cm³/mol. The average Bonchev–Trinajstić information content (AvgIpc) is 2.17. The number of carbonyl (C=O) groups is 2. The summed E-state index contributed by atoms with van der Waals surface area (Å²) >= 11 is 0. The Morgan fingerprint density at radius 2 is 1.75 bits per heavy atom. The number of nitrogens with two attached hydrogens (primary N) is 1. The lowest BCUT2D eigenvalue weighted by Crippen LogP contribution is -2.20. The van der Waals surface area contributed by atoms with Crippen LogP contribution in [0.15, 0.2) is 30.3 Å². The summed E-state index contributed by atoms with van der Waals surface area (Å²) in [7, 11) is 0. The molecule has 0 bridgehead atoms. The highest BCUT2D eigenvalue weighted by Crippen LogP contribution is 1.99. The number of rotatable bonds is 2. The Hall–Kier alpha value is -1.68. The fourth-order valence-electron chi connectivity index (χ4n) is 0.761. The highest BCUT2D eigenvalue weighted by atomic mass is 16.7. The highest BCUT2D eigenvalue weighted by molar-refractivity contribution is 6.40. The Kier molecular flexibility index (Phi) is 2.55. The van der Waals surface area contributed by atoms with Crippen LogP contribution in [0, 0.1) is 0 Å². The van der Waals surface area contributed by atoms with Gasteiger partial charge in [-0.25, -0.2) is 4.79 Å². The van der Waals surface area contributed by atoms with E-state index in [0.717, 1.165) is 0 Å². The molecule has 62 valence electrons. The summed E-state index contributed by atoms with van der Waals surface area (Å²) in [5.41, 5.74) is 0.271. The molecular formula is C8H7NO3. The minimum Gasteiger partial charge on any atom is -0.367 e. The van der Waals surface area contributed by atoms with E-state index < -0.39 is 11.8 Å². The van der Waals surface area contributed by atoms with Gasteiger partial charge in [0.2, 0.25) is 0 Å². The van der Waals surface area contributed by atoms with Crippen molar-refractivity contribution < 1.29 is 14.4 Å². The summed E-state index contributed by atoms with van der Waals surface area (Å²) in [4.78, 5) is 25.4. The van der Waals surface area contributed by atoms with Gasteiger partial charge in [0.25, 0.3) is 5.78 Å². The number of ketones is 1. The first kappa shape index (κ1) is 8.42. The summed E-state index contributed by atoms with van der Waals surface area (Å²) in [5, 5.41) is 0. The second kappa shape index (κ2) is 3.64. The van der Waals surface area contributed by atoms with Gasteiger partial charge in [-0.2, -0.15) is 5.90 Å². The fraction of sp³-hybridized carbons (Fsp3) is 0. The quantitative estimate of drug-likeness (QED) is 0.388. The maximum absolute atomic E-state index is 11.0. The van der Waals surface area contributed by atoms with Crippen LogP contribution >= 0.6 is 0 Å². The molecule has 0 aromatic heterocycles. The normalized spacial score (nSPS) is 9.08. The largest absolute Gasteiger partial charge is 0.398 e. The first-order chi connectivity index (χ1) is 5.75. The minimum absolute atomic E-state index is 0.271. The first-order valence-corrected chi connectivity index (χ1v) is 3.26. The molecule has 0 amide bonds. The standard InChI is InChI=1S/C8H7NO3/c9-12-8(11)7(10)6-4-2-1-3-5-6/h1-5H,9H2. The van der Waals surface area contributed by atoms with Crippen LogP contribution in [-0.4, -0.2) is 11.8 Å². The molecule has 0 spiro atoms. The number of hydrogen-bond acceptors (Lipinski definition) is 4. The van der Waals surface area contributed by atoms with Crippen LogP contribution in [0.1, 0.15) is 10.4 Å². The number of Topliss-reactive ketones (excluding diaryl/α,β-unsaturated/α-hetero) is 1. The van der Waals surface area contributed by atoms with Gasteiger partial charge >= 0.3 is 5.97 Å². The summed E-state index contributed by atoms with van der Waals surface area (Å²) in [5.74, 6) is 2.75. The van der Waals surface area contributed by atoms with Crippen LogP contribution in [0.4, 0.5) is 0 Å². The van der Waals surface area contributed by atoms with Gasteiger partial charge in [-0.1, -0.05) is 30.3 Å². The second-order valence-corrected chi connectivity index (χ2v) is 2.10. The van der Waals surface area contributed by atoms with Crippen molar-refractivity contribution in [3.8, 4) is 0 Å². The van der Waals surface area contributed by atoms with Gasteiger partial charge in [0.05, 0.1) is 0 Å². The monoisotopic (exact) mass is 165 g/mol. The Balaban J connectivity index is 2.86. The topological polar surface area (TPSA) is 69.4 Å². The van der Waals surface area contributed by atoms with E-state index in [0.29, 0.717) is 0 Å². The van der Waals surface area contributed by atoms with Gasteiger partial charge in [-0.3, -0.25) is 4.79 Å². The van der Waals surface area contributed by atoms with Crippen molar-refractivity contribution in [1.29, 1.82) is 0 Å². The number of carbonyl (C=O) groups excluding carboxylic acids is 2. The Bertz CT molecular complexity index is 294. The summed E-state index contributed by atoms with van der Waals surface area (Å²) in [6, 6.07) is 8.07. The van der Waals surface area contributed by atoms with Crippen molar-refractivity contribution in [2.45, 2.75) is 0 Å². The minimum atomic E-state index is -1.05. The van der Waals surface area contributed by atoms with Crippen LogP contribution in [0.2, 0.25) is 0 Å². The molecule has 0 atom stereocenters. The highest BCUT2D eigenvalue weighted by Gasteiger charge is 2.15. The molecule has 0 fully saturated rings. The molecule has 0 aliphatic carbocycles. The van der Waals surface area contributed by atoms with Crippen molar-refractivity contribution in [3.63, 3.8) is 0 Å². The Morgan fingerprint density at radius 3 is 2.25 bits per heavy atom. The van der Waals surface area contributed by atoms with Crippen LogP contribution in [0.25, 0.3) is 0 Å². The van der Waals surface area contributed by atoms with E-state index in [4.69, 9.17) is 0 Å². The molecule has 0 aliphatic heterocycles. The molecule has 0 aliphatic rings. The van der Waals surface area contributed by atoms with E-state index in [9.17, 15) is 9.59 Å². The zero-order valence-corrected chi connectivity index (χ0v) is 6.19. The molecule has 2 N–H and O–H groups in total. The van der Waals surface area contributed by atoms with Gasteiger partial charge < -0.3 is 4.84 Å². The third-order valence-electron chi connectivity index (χ3n) is 1.33. The van der Waals surface area contributed by atoms with E-state index in [1.807, 2.05) is 0 Å². The van der Waals surface area contributed by atoms with Gasteiger partial charge in [-0.05, 0) is 0 Å². The third-order valence-corrected chi connectivity index (χ3v) is 1.33. The fourth-order valence-corrected chi connectivity index (χ4v) is 0.761. The summed E-state index contributed by atoms with van der Waals surface area (Å²) < 4.78 is 0. The van der Waals surface area contributed by atoms with E-state index >= 15 is 0 Å². The predicted octanol–water partition coefficient (Wildman–Crippen LogP) is 0.286. The summed E-state index contributed by atoms with van der Waals surface area (Å²) in [6.07, 6.45) is 0. The Labute approximate surface area is 68.9 Å². The lowest BCUT2D eigenvalue weighted by atomic mass is 10.1. The smallest absolute Gasteiger partial charge is 0.367 e. The van der Waals surface area contributed by atoms with E-state index in [1.54, 1.807) is 18.2 Å². The molecule has 0 heterocycles. The molecule has 0 saturated carbocycles. The molecule has 4 heteroatoms. The molecule has 1 aromatic rings. The molecule has 1 rings (SSSR count). The van der Waals surface area contributed by atoms with Crippen LogP contribution in [0.3, 0.4) is 0 Å². The SMILES string of the molecule is NOC(=O)C(=O)c1ccccc1. The first-order valence-electron chi connectivity index (χ1n) is 3.26. The molecule has 1 aromatic carbocycles. The molecule has 4 nitrogen and oxygen atoms in total. The van der Waals surface area contributed by atoms with Crippen LogP contribution < -0.4 is 5.90 Å². The maximum atomic E-state index is 11.0. The zero-order chi connectivity index (χ0) is 8.97. The van der Waals surface area contributed by atoms with Gasteiger partial charge in [0.15, 0.2) is 0 Å². The Morgan fingerprint density at radius 1 is 1.17 bits per heavy atom. The summed E-state index contributed by atoms with van der Waals surface area (Å²) in [6.45, 7) is 0. The lowest BCUT2D eigenvalue weighted by molar-refractivity contribution is -0.138. The van der Waals surface area contributed by atoms with Crippen LogP contribution in [0.5, 0.6) is 0 Å². The second-order valence-electron chi connectivity index (χ2n) is 2.10. The van der Waals surface area contributed by atoms with Crippen molar-refractivity contribution in [3.05, 3.63) is 35.9 Å². The lowest BCUT2D eigenvalue weighted by Gasteiger charge is -1.95. The van der Waals surface area contributed by atoms with E-state index in [-0.39, 0.29) is 5.56 Å². The van der Waals surface area contributed by atoms with Crippen molar-refractivity contribution in [2.24, 2.45) is 5.90 Å². The molecule has 0 unspecified atom stereocenters. The van der Waals surface area contributed by atoms with Crippen LogP contribution in [-0.2, 0) is 9.63 Å². The molecular weight excluding hydrogens is 158 g/mol. The third kappa shape index (κ3) is 1.67. The van der Waals surface area contributed by atoms with Crippen molar-refractivity contribution in [1.82, 2.24) is 0 Å². The van der Waals surface area contributed by atoms with E-state index in [1.165, 1.54) is 12.1 Å². The number of benzene rings is 1. The van der Waals surface area contributed by atoms with Gasteiger partial charge in [0.1, 0.15) is 0 Å². The van der Waals surface area contributed by atoms with Gasteiger partial charge in [0, 0.05) is 5.56 Å². The zero-order valence-electron chi connectivity index (χ0n) is 6.19. The van der Waals surface area contributed by atoms with Crippen molar-refractivity contribution in [2.75, 3.05) is 0 Å². The van der Waals surface area contributed by atoms with Gasteiger partial charge in [-0.15, -0.1) is 0 Å². The van der Waals surface area contributed by atoms with Crippen molar-refractivity contribution >= 4 is 11.8 Å². The number of hydrogen-bond donors (Lipinski definition) is 1.